The highest BCUT2D eigenvalue weighted by Crippen LogP contribution is 2.27. The molecule has 29 heavy (non-hydrogen) atoms. The number of carbonyl (C=O) groups is 2. The molecule has 1 saturated heterocycles. The number of ether oxygens (including phenoxy) is 1. The van der Waals surface area contributed by atoms with E-state index in [1.165, 1.54) is 27.4 Å². The van der Waals surface area contributed by atoms with Crippen LogP contribution >= 0.6 is 0 Å². The summed E-state index contributed by atoms with van der Waals surface area (Å²) >= 11 is 0. The van der Waals surface area contributed by atoms with E-state index in [0.29, 0.717) is 29.9 Å². The number of hydrogen-bond acceptors (Lipinski definition) is 5. The summed E-state index contributed by atoms with van der Waals surface area (Å²) < 4.78 is 32.5. The van der Waals surface area contributed by atoms with E-state index in [9.17, 15) is 23.1 Å². The number of hydrogen-bond donors (Lipinski definition) is 1. The molecule has 3 rings (SSSR count). The molecule has 154 valence electrons. The van der Waals surface area contributed by atoms with E-state index < -0.39 is 16.0 Å². The minimum atomic E-state index is -3.85. The lowest BCUT2D eigenvalue weighted by Crippen LogP contribution is -2.40. The third-order valence-electron chi connectivity index (χ3n) is 4.63. The van der Waals surface area contributed by atoms with E-state index in [0.717, 1.165) is 0 Å². The molecule has 0 saturated carbocycles. The number of nitrogens with zero attached hydrogens (tertiary/aromatic N) is 2. The molecule has 1 aliphatic heterocycles. The SMILES string of the molecule is CN(C)C(=O)c1ccc(-c2cc(C(=O)O)cc(S(=O)(=O)N3CCOCC3)c2)cc1. The van der Waals surface area contributed by atoms with E-state index in [2.05, 4.69) is 0 Å². The lowest BCUT2D eigenvalue weighted by atomic mass is 10.0. The van der Waals surface area contributed by atoms with Crippen molar-refractivity contribution in [2.24, 2.45) is 0 Å². The maximum atomic E-state index is 13.0. The number of morpholine rings is 1. The summed E-state index contributed by atoms with van der Waals surface area (Å²) in [5.74, 6) is -1.38. The molecule has 9 heteroatoms. The molecular weight excluding hydrogens is 396 g/mol. The van der Waals surface area contributed by atoms with Gasteiger partial charge in [0.15, 0.2) is 0 Å². The summed E-state index contributed by atoms with van der Waals surface area (Å²) in [5.41, 5.74) is 1.42. The van der Waals surface area contributed by atoms with E-state index in [-0.39, 0.29) is 29.5 Å². The van der Waals surface area contributed by atoms with Gasteiger partial charge in [-0.2, -0.15) is 4.31 Å². The Morgan fingerprint density at radius 1 is 0.966 bits per heavy atom. The zero-order chi connectivity index (χ0) is 21.2. The highest BCUT2D eigenvalue weighted by atomic mass is 32.2. The number of carboxylic acid groups (broad SMARTS) is 1. The maximum Gasteiger partial charge on any atom is 0.335 e. The maximum absolute atomic E-state index is 13.0. The van der Waals surface area contributed by atoms with Crippen LogP contribution in [0.3, 0.4) is 0 Å². The summed E-state index contributed by atoms with van der Waals surface area (Å²) in [4.78, 5) is 25.0. The van der Waals surface area contributed by atoms with Crippen molar-refractivity contribution in [3.63, 3.8) is 0 Å². The molecule has 1 N–H and O–H groups in total. The van der Waals surface area contributed by atoms with Crippen molar-refractivity contribution in [2.75, 3.05) is 40.4 Å². The Bertz CT molecular complexity index is 1030. The third-order valence-corrected chi connectivity index (χ3v) is 6.51. The Hall–Kier alpha value is -2.75. The molecule has 2 aromatic carbocycles. The summed E-state index contributed by atoms with van der Waals surface area (Å²) in [6, 6.07) is 10.6. The highest BCUT2D eigenvalue weighted by Gasteiger charge is 2.27. The van der Waals surface area contributed by atoms with Gasteiger partial charge in [0.05, 0.1) is 23.7 Å². The van der Waals surface area contributed by atoms with Crippen LogP contribution < -0.4 is 0 Å². The van der Waals surface area contributed by atoms with Crippen molar-refractivity contribution in [3.05, 3.63) is 53.6 Å². The van der Waals surface area contributed by atoms with Crippen LogP contribution in [0.5, 0.6) is 0 Å². The molecule has 1 fully saturated rings. The molecule has 0 radical (unpaired) electrons. The normalized spacial score (nSPS) is 15.1. The molecule has 0 aliphatic carbocycles. The molecule has 0 unspecified atom stereocenters. The standard InChI is InChI=1S/C20H22N2O6S/c1-21(2)19(23)15-5-3-14(4-6-15)16-11-17(20(24)25)13-18(12-16)29(26,27)22-7-9-28-10-8-22/h3-6,11-13H,7-10H2,1-2H3,(H,24,25). The second kappa shape index (κ2) is 8.32. The molecule has 0 atom stereocenters. The lowest BCUT2D eigenvalue weighted by Gasteiger charge is -2.26. The fourth-order valence-electron chi connectivity index (χ4n) is 3.04. The number of amides is 1. The van der Waals surface area contributed by atoms with Crippen LogP contribution in [0.4, 0.5) is 0 Å². The van der Waals surface area contributed by atoms with Crippen LogP contribution in [-0.2, 0) is 14.8 Å². The second-order valence-electron chi connectivity index (χ2n) is 6.84. The Morgan fingerprint density at radius 2 is 1.59 bits per heavy atom. The van der Waals surface area contributed by atoms with Crippen LogP contribution in [0.1, 0.15) is 20.7 Å². The minimum absolute atomic E-state index is 0.0808. The molecule has 0 spiro atoms. The smallest absolute Gasteiger partial charge is 0.335 e. The number of sulfonamides is 1. The van der Waals surface area contributed by atoms with Crippen molar-refractivity contribution >= 4 is 21.9 Å². The monoisotopic (exact) mass is 418 g/mol. The fourth-order valence-corrected chi connectivity index (χ4v) is 4.52. The second-order valence-corrected chi connectivity index (χ2v) is 8.78. The predicted octanol–water partition coefficient (Wildman–Crippen LogP) is 1.77. The van der Waals surface area contributed by atoms with Gasteiger partial charge >= 0.3 is 5.97 Å². The zero-order valence-corrected chi connectivity index (χ0v) is 17.0. The summed E-state index contributed by atoms with van der Waals surface area (Å²) in [7, 11) is -0.556. The molecule has 1 heterocycles. The van der Waals surface area contributed by atoms with Crippen molar-refractivity contribution < 1.29 is 27.9 Å². The quantitative estimate of drug-likeness (QED) is 0.794. The molecule has 8 nitrogen and oxygen atoms in total. The third kappa shape index (κ3) is 4.47. The van der Waals surface area contributed by atoms with Crippen molar-refractivity contribution in [1.29, 1.82) is 0 Å². The van der Waals surface area contributed by atoms with Gasteiger partial charge < -0.3 is 14.7 Å². The van der Waals surface area contributed by atoms with Crippen molar-refractivity contribution in [3.8, 4) is 11.1 Å². The van der Waals surface area contributed by atoms with E-state index in [1.807, 2.05) is 0 Å². The molecular formula is C20H22N2O6S. The zero-order valence-electron chi connectivity index (χ0n) is 16.2. The van der Waals surface area contributed by atoms with Gasteiger partial charge in [0, 0.05) is 32.7 Å². The first-order chi connectivity index (χ1) is 13.7. The van der Waals surface area contributed by atoms with Gasteiger partial charge in [0.2, 0.25) is 10.0 Å². The predicted molar refractivity (Wildman–Crippen MR) is 106 cm³/mol. The molecule has 1 amide bonds. The first kappa shape index (κ1) is 21.0. The van der Waals surface area contributed by atoms with Gasteiger partial charge in [-0.05, 0) is 41.5 Å². The summed E-state index contributed by atoms with van der Waals surface area (Å²) in [5, 5.41) is 9.46. The van der Waals surface area contributed by atoms with Crippen molar-refractivity contribution in [2.45, 2.75) is 4.90 Å². The Labute approximate surface area is 169 Å². The Balaban J connectivity index is 2.03. The highest BCUT2D eigenvalue weighted by molar-refractivity contribution is 7.89. The summed E-state index contributed by atoms with van der Waals surface area (Å²) in [6.45, 7) is 1.03. The van der Waals surface area contributed by atoms with Gasteiger partial charge in [0.25, 0.3) is 5.91 Å². The first-order valence-corrected chi connectivity index (χ1v) is 10.4. The van der Waals surface area contributed by atoms with Crippen LogP contribution in [-0.4, -0.2) is 75.0 Å². The minimum Gasteiger partial charge on any atom is -0.478 e. The van der Waals surface area contributed by atoms with Crippen LogP contribution in [0.15, 0.2) is 47.4 Å². The van der Waals surface area contributed by atoms with Crippen molar-refractivity contribution in [1.82, 2.24) is 9.21 Å². The van der Waals surface area contributed by atoms with Gasteiger partial charge in [-0.1, -0.05) is 12.1 Å². The van der Waals surface area contributed by atoms with Gasteiger partial charge in [-0.25, -0.2) is 13.2 Å². The van der Waals surface area contributed by atoms with Gasteiger partial charge in [-0.3, -0.25) is 4.79 Å². The van der Waals surface area contributed by atoms with E-state index >= 15 is 0 Å². The molecule has 2 aromatic rings. The number of rotatable bonds is 5. The lowest BCUT2D eigenvalue weighted by molar-refractivity contribution is 0.0695. The fraction of sp³-hybridized carbons (Fsp3) is 0.300. The van der Waals surface area contributed by atoms with Crippen LogP contribution in [0.25, 0.3) is 11.1 Å². The number of benzene rings is 2. The van der Waals surface area contributed by atoms with E-state index in [4.69, 9.17) is 4.74 Å². The van der Waals surface area contributed by atoms with Crippen LogP contribution in [0.2, 0.25) is 0 Å². The average molecular weight is 418 g/mol. The van der Waals surface area contributed by atoms with Gasteiger partial charge in [0.1, 0.15) is 0 Å². The first-order valence-electron chi connectivity index (χ1n) is 8.98. The molecule has 0 aromatic heterocycles. The summed E-state index contributed by atoms with van der Waals surface area (Å²) in [6.07, 6.45) is 0. The van der Waals surface area contributed by atoms with Gasteiger partial charge in [-0.15, -0.1) is 0 Å². The number of aromatic carboxylic acids is 1. The van der Waals surface area contributed by atoms with E-state index in [1.54, 1.807) is 38.4 Å². The number of carbonyl (C=O) groups excluding carboxylic acids is 1. The average Bonchev–Trinajstić information content (AvgIpc) is 2.73. The Morgan fingerprint density at radius 3 is 2.14 bits per heavy atom. The number of carboxylic acids is 1. The topological polar surface area (TPSA) is 104 Å². The molecule has 0 bridgehead atoms. The Kier molecular flexibility index (Phi) is 6.02. The van der Waals surface area contributed by atoms with Crippen LogP contribution in [0, 0.1) is 0 Å². The largest absolute Gasteiger partial charge is 0.478 e. The molecule has 1 aliphatic rings.